The van der Waals surface area contributed by atoms with E-state index < -0.39 is 0 Å². The molecule has 4 nitrogen and oxygen atoms in total. The number of fused-ring (bicyclic) bond motifs is 2. The fourth-order valence-corrected chi connectivity index (χ4v) is 4.03. The van der Waals surface area contributed by atoms with Gasteiger partial charge in [-0.05, 0) is 55.2 Å². The molecule has 1 aromatic rings. The standard InChI is InChI=1S/C15H22BrN3O/c1-3-18-9-11(16)8-14(18)15(20)19-7-6-12-4-5-13(10-19)17(12)2/h8-9,12-13H,3-7,10H2,1-2H3. The zero-order valence-electron chi connectivity index (χ0n) is 12.2. The van der Waals surface area contributed by atoms with Gasteiger partial charge in [0.2, 0.25) is 0 Å². The normalized spacial score (nSPS) is 26.9. The van der Waals surface area contributed by atoms with Crippen LogP contribution in [-0.4, -0.2) is 52.5 Å². The second-order valence-corrected chi connectivity index (χ2v) is 6.84. The van der Waals surface area contributed by atoms with Crippen molar-refractivity contribution in [2.24, 2.45) is 0 Å². The van der Waals surface area contributed by atoms with Crippen LogP contribution in [0.4, 0.5) is 0 Å². The van der Waals surface area contributed by atoms with E-state index in [9.17, 15) is 4.79 Å². The average molecular weight is 340 g/mol. The molecule has 1 amide bonds. The van der Waals surface area contributed by atoms with Crippen LogP contribution in [0.3, 0.4) is 0 Å². The molecule has 5 heteroatoms. The summed E-state index contributed by atoms with van der Waals surface area (Å²) >= 11 is 3.47. The molecule has 2 aliphatic rings. The van der Waals surface area contributed by atoms with Gasteiger partial charge in [-0.1, -0.05) is 0 Å². The quantitative estimate of drug-likeness (QED) is 0.828. The van der Waals surface area contributed by atoms with Crippen LogP contribution >= 0.6 is 15.9 Å². The van der Waals surface area contributed by atoms with Gasteiger partial charge in [-0.25, -0.2) is 0 Å². The maximum atomic E-state index is 12.8. The summed E-state index contributed by atoms with van der Waals surface area (Å²) in [7, 11) is 2.21. The number of hydrogen-bond acceptors (Lipinski definition) is 2. The number of halogens is 1. The van der Waals surface area contributed by atoms with Crippen LogP contribution in [0.15, 0.2) is 16.7 Å². The molecule has 0 saturated carbocycles. The molecule has 110 valence electrons. The van der Waals surface area contributed by atoms with E-state index in [4.69, 9.17) is 0 Å². The van der Waals surface area contributed by atoms with Crippen LogP contribution in [0.2, 0.25) is 0 Å². The number of hydrogen-bond donors (Lipinski definition) is 0. The lowest BCUT2D eigenvalue weighted by molar-refractivity contribution is 0.0729. The van der Waals surface area contributed by atoms with E-state index in [1.165, 1.54) is 12.8 Å². The van der Waals surface area contributed by atoms with Crippen molar-refractivity contribution in [2.75, 3.05) is 20.1 Å². The fraction of sp³-hybridized carbons (Fsp3) is 0.667. The Balaban J connectivity index is 1.80. The van der Waals surface area contributed by atoms with Crippen LogP contribution < -0.4 is 0 Å². The Labute approximate surface area is 128 Å². The van der Waals surface area contributed by atoms with Gasteiger partial charge < -0.3 is 9.47 Å². The van der Waals surface area contributed by atoms with E-state index in [2.05, 4.69) is 34.8 Å². The first kappa shape index (κ1) is 14.1. The molecule has 2 unspecified atom stereocenters. The predicted octanol–water partition coefficient (Wildman–Crippen LogP) is 2.58. The number of likely N-dealkylation sites (N-methyl/N-ethyl adjacent to an activating group) is 1. The number of likely N-dealkylation sites (tertiary alicyclic amines) is 1. The van der Waals surface area contributed by atoms with E-state index in [0.717, 1.165) is 36.2 Å². The third kappa shape index (κ3) is 2.42. The molecule has 20 heavy (non-hydrogen) atoms. The Bertz CT molecular complexity index is 513. The van der Waals surface area contributed by atoms with Crippen molar-refractivity contribution in [2.45, 2.75) is 44.8 Å². The Hall–Kier alpha value is -0.810. The maximum absolute atomic E-state index is 12.8. The summed E-state index contributed by atoms with van der Waals surface area (Å²) < 4.78 is 3.01. The molecule has 3 rings (SSSR count). The summed E-state index contributed by atoms with van der Waals surface area (Å²) in [6.45, 7) is 4.66. The molecule has 0 radical (unpaired) electrons. The summed E-state index contributed by atoms with van der Waals surface area (Å²) in [5.74, 6) is 0.179. The molecule has 0 N–H and O–H groups in total. The molecule has 1 aromatic heterocycles. The van der Waals surface area contributed by atoms with Crippen molar-refractivity contribution < 1.29 is 4.79 Å². The van der Waals surface area contributed by atoms with Crippen molar-refractivity contribution in [3.63, 3.8) is 0 Å². The largest absolute Gasteiger partial charge is 0.343 e. The Morgan fingerprint density at radius 3 is 2.85 bits per heavy atom. The van der Waals surface area contributed by atoms with E-state index in [-0.39, 0.29) is 5.91 Å². The zero-order chi connectivity index (χ0) is 14.3. The van der Waals surface area contributed by atoms with Gasteiger partial charge in [0.15, 0.2) is 0 Å². The highest BCUT2D eigenvalue weighted by Gasteiger charge is 2.36. The SMILES string of the molecule is CCn1cc(Br)cc1C(=O)N1CCC2CCC(C1)N2C. The molecular weight excluding hydrogens is 318 g/mol. The van der Waals surface area contributed by atoms with Crippen LogP contribution in [0.1, 0.15) is 36.7 Å². The third-order valence-electron chi connectivity index (χ3n) is 4.86. The summed E-state index contributed by atoms with van der Waals surface area (Å²) in [5.41, 5.74) is 0.805. The number of aromatic nitrogens is 1. The first-order valence-electron chi connectivity index (χ1n) is 7.47. The molecule has 0 spiro atoms. The number of rotatable bonds is 2. The molecular formula is C15H22BrN3O. The van der Waals surface area contributed by atoms with Crippen molar-refractivity contribution in [3.05, 3.63) is 22.4 Å². The first-order valence-corrected chi connectivity index (χ1v) is 8.26. The number of aryl methyl sites for hydroxylation is 1. The first-order chi connectivity index (χ1) is 9.60. The highest BCUT2D eigenvalue weighted by atomic mass is 79.9. The van der Waals surface area contributed by atoms with Crippen LogP contribution in [0.25, 0.3) is 0 Å². The zero-order valence-corrected chi connectivity index (χ0v) is 13.8. The lowest BCUT2D eigenvalue weighted by Crippen LogP contribution is -2.40. The van der Waals surface area contributed by atoms with Gasteiger partial charge in [-0.15, -0.1) is 0 Å². The van der Waals surface area contributed by atoms with Crippen molar-refractivity contribution in [1.29, 1.82) is 0 Å². The van der Waals surface area contributed by atoms with Gasteiger partial charge in [0.05, 0.1) is 0 Å². The minimum Gasteiger partial charge on any atom is -0.343 e. The lowest BCUT2D eigenvalue weighted by Gasteiger charge is -2.26. The Morgan fingerprint density at radius 1 is 1.35 bits per heavy atom. The van der Waals surface area contributed by atoms with Crippen LogP contribution in [0, 0.1) is 0 Å². The smallest absolute Gasteiger partial charge is 0.270 e. The molecule has 2 atom stereocenters. The van der Waals surface area contributed by atoms with Gasteiger partial charge in [0.25, 0.3) is 5.91 Å². The minimum atomic E-state index is 0.179. The minimum absolute atomic E-state index is 0.179. The van der Waals surface area contributed by atoms with Gasteiger partial charge in [-0.2, -0.15) is 0 Å². The summed E-state index contributed by atoms with van der Waals surface area (Å²) in [5, 5.41) is 0. The van der Waals surface area contributed by atoms with Gasteiger partial charge in [0, 0.05) is 42.4 Å². The number of nitrogens with zero attached hydrogens (tertiary/aromatic N) is 3. The highest BCUT2D eigenvalue weighted by Crippen LogP contribution is 2.29. The van der Waals surface area contributed by atoms with E-state index in [1.54, 1.807) is 0 Å². The molecule has 2 bridgehead atoms. The van der Waals surface area contributed by atoms with Crippen molar-refractivity contribution in [3.8, 4) is 0 Å². The Kier molecular flexibility index (Phi) is 3.91. The second-order valence-electron chi connectivity index (χ2n) is 5.92. The van der Waals surface area contributed by atoms with Gasteiger partial charge in [-0.3, -0.25) is 9.69 Å². The summed E-state index contributed by atoms with van der Waals surface area (Å²) in [6.07, 6.45) is 5.61. The Morgan fingerprint density at radius 2 is 2.10 bits per heavy atom. The molecule has 2 aliphatic heterocycles. The van der Waals surface area contributed by atoms with Gasteiger partial charge >= 0.3 is 0 Å². The van der Waals surface area contributed by atoms with Crippen molar-refractivity contribution >= 4 is 21.8 Å². The van der Waals surface area contributed by atoms with Gasteiger partial charge in [0.1, 0.15) is 5.69 Å². The van der Waals surface area contributed by atoms with Crippen molar-refractivity contribution in [1.82, 2.24) is 14.4 Å². The molecule has 3 heterocycles. The average Bonchev–Trinajstić information content (AvgIpc) is 2.90. The summed E-state index contributed by atoms with van der Waals surface area (Å²) in [4.78, 5) is 17.3. The van der Waals surface area contributed by atoms with Crippen LogP contribution in [-0.2, 0) is 6.54 Å². The third-order valence-corrected chi connectivity index (χ3v) is 5.29. The number of carbonyl (C=O) groups excluding carboxylic acids is 1. The van der Waals surface area contributed by atoms with E-state index in [1.807, 2.05) is 21.7 Å². The molecule has 2 saturated heterocycles. The summed E-state index contributed by atoms with van der Waals surface area (Å²) in [6, 6.07) is 3.15. The number of amides is 1. The monoisotopic (exact) mass is 339 g/mol. The molecule has 2 fully saturated rings. The lowest BCUT2D eigenvalue weighted by atomic mass is 10.1. The van der Waals surface area contributed by atoms with Crippen LogP contribution in [0.5, 0.6) is 0 Å². The number of carbonyl (C=O) groups is 1. The highest BCUT2D eigenvalue weighted by molar-refractivity contribution is 9.10. The second kappa shape index (κ2) is 5.53. The van der Waals surface area contributed by atoms with E-state index in [0.29, 0.717) is 12.1 Å². The topological polar surface area (TPSA) is 28.5 Å². The fourth-order valence-electron chi connectivity index (χ4n) is 3.57. The predicted molar refractivity (Wildman–Crippen MR) is 82.9 cm³/mol. The molecule has 0 aliphatic carbocycles. The molecule has 0 aromatic carbocycles. The maximum Gasteiger partial charge on any atom is 0.270 e. The van der Waals surface area contributed by atoms with E-state index >= 15 is 0 Å².